The van der Waals surface area contributed by atoms with Crippen LogP contribution in [0.2, 0.25) is 105 Å². The van der Waals surface area contributed by atoms with Gasteiger partial charge in [-0.05, 0) is 47.0 Å². The van der Waals surface area contributed by atoms with Gasteiger partial charge in [-0.2, -0.15) is 0 Å². The molecule has 2 fully saturated rings. The summed E-state index contributed by atoms with van der Waals surface area (Å²) in [4.78, 5) is 3.46. The smallest absolute Gasteiger partial charge is 0.191 e. The van der Waals surface area contributed by atoms with Gasteiger partial charge in [0.15, 0.2) is 6.03 Å². The summed E-state index contributed by atoms with van der Waals surface area (Å²) < 4.78 is 0. The second-order valence-electron chi connectivity index (χ2n) is 19.1. The minimum atomic E-state index is -1.61. The van der Waals surface area contributed by atoms with Gasteiger partial charge >= 0.3 is 0 Å². The monoisotopic (exact) mass is 615 g/mol. The van der Waals surface area contributed by atoms with Crippen molar-refractivity contribution >= 4 is 63.6 Å². The molecule has 0 unspecified atom stereocenters. The molecule has 0 aromatic carbocycles. The maximum Gasteiger partial charge on any atom is 0.191 e. The first-order valence-corrected chi connectivity index (χ1v) is 45.9. The van der Waals surface area contributed by atoms with Gasteiger partial charge in [-0.3, -0.25) is 0 Å². The maximum atomic E-state index is 3.46. The first kappa shape index (κ1) is 33.0. The molecule has 2 saturated heterocycles. The predicted molar refractivity (Wildman–Crippen MR) is 189 cm³/mol. The average Bonchev–Trinajstić information content (AvgIpc) is 2.60. The minimum absolute atomic E-state index is 0.348. The average molecular weight is 616 g/mol. The van der Waals surface area contributed by atoms with Crippen LogP contribution in [0.1, 0.15) is 47.0 Å². The fourth-order valence-corrected chi connectivity index (χ4v) is 369. The van der Waals surface area contributed by atoms with Crippen LogP contribution in [0.15, 0.2) is 0 Å². The number of nitrogens with zero attached hydrogens (tertiary/aromatic N) is 1. The number of hydrogen-bond acceptors (Lipinski definition) is 1. The number of rotatable bonds is 5. The Balaban J connectivity index is 3.42. The van der Waals surface area contributed by atoms with Crippen LogP contribution in [0.3, 0.4) is 0 Å². The lowest BCUT2D eigenvalue weighted by molar-refractivity contribution is 0.0539. The Labute approximate surface area is 230 Å². The molecule has 0 N–H and O–H groups in total. The van der Waals surface area contributed by atoms with E-state index in [1.165, 1.54) is 19.3 Å². The van der Waals surface area contributed by atoms with Crippen LogP contribution >= 0.6 is 0 Å². The minimum Gasteiger partial charge on any atom is -0.339 e. The Morgan fingerprint density at radius 3 is 0.943 bits per heavy atom. The standard InChI is InChI=1S/C25H66BNSi8/c1-24(2)22-21-23-25(3,4)27(24)26-34(28(5,6)7,29(8,9)10)32(17,18)33(19,20)35(26,30(11,12)13)31(14,15)16/h21-23H2,1-20H3. The molecule has 2 heterocycles. The van der Waals surface area contributed by atoms with E-state index in [-0.39, 0.29) is 0 Å². The van der Waals surface area contributed by atoms with Crippen molar-refractivity contribution in [2.24, 2.45) is 0 Å². The van der Waals surface area contributed by atoms with Gasteiger partial charge in [0.05, 0.1) is 0 Å². The molecule has 1 nitrogen and oxygen atoms in total. The van der Waals surface area contributed by atoms with Gasteiger partial charge in [0, 0.05) is 68.7 Å². The molecule has 0 atom stereocenters. The fourth-order valence-electron chi connectivity index (χ4n) is 12.7. The van der Waals surface area contributed by atoms with Gasteiger partial charge < -0.3 is 4.81 Å². The van der Waals surface area contributed by atoms with Crippen molar-refractivity contribution in [3.63, 3.8) is 0 Å². The van der Waals surface area contributed by atoms with E-state index >= 15 is 0 Å². The van der Waals surface area contributed by atoms with Crippen molar-refractivity contribution in [1.82, 2.24) is 4.81 Å². The van der Waals surface area contributed by atoms with Gasteiger partial charge in [0.25, 0.3) is 0 Å². The van der Waals surface area contributed by atoms with Crippen molar-refractivity contribution in [2.75, 3.05) is 0 Å². The van der Waals surface area contributed by atoms with E-state index in [1.54, 1.807) is 0 Å². The molecular weight excluding hydrogens is 550 g/mol. The fraction of sp³-hybridized carbons (Fsp3) is 1.00. The van der Waals surface area contributed by atoms with E-state index in [9.17, 15) is 0 Å². The van der Waals surface area contributed by atoms with Crippen LogP contribution in [-0.4, -0.2) is 79.5 Å². The summed E-state index contributed by atoms with van der Waals surface area (Å²) in [6, 6.07) is 1.07. The predicted octanol–water partition coefficient (Wildman–Crippen LogP) is 8.41. The van der Waals surface area contributed by atoms with Gasteiger partial charge in [-0.1, -0.05) is 105 Å². The van der Waals surface area contributed by atoms with Crippen molar-refractivity contribution in [1.29, 1.82) is 0 Å². The molecule has 206 valence electrons. The van der Waals surface area contributed by atoms with Crippen molar-refractivity contribution in [3.8, 4) is 0 Å². The van der Waals surface area contributed by atoms with Crippen molar-refractivity contribution < 1.29 is 0 Å². The molecule has 0 spiro atoms. The van der Waals surface area contributed by atoms with Crippen LogP contribution in [0.4, 0.5) is 0 Å². The lowest BCUT2D eigenvalue weighted by atomic mass is 9.76. The van der Waals surface area contributed by atoms with E-state index in [0.29, 0.717) is 11.1 Å². The molecule has 0 aromatic rings. The molecule has 0 amide bonds. The van der Waals surface area contributed by atoms with Crippen molar-refractivity contribution in [3.05, 3.63) is 0 Å². The molecular formula is C25H66BNSi8. The first-order chi connectivity index (χ1) is 14.9. The first-order valence-electron chi connectivity index (χ1n) is 14.7. The lowest BCUT2D eigenvalue weighted by Gasteiger charge is -2.69. The van der Waals surface area contributed by atoms with Crippen LogP contribution in [0, 0.1) is 0 Å². The normalized spacial score (nSPS) is 28.3. The third-order valence-electron chi connectivity index (χ3n) is 12.2. The Morgan fingerprint density at radius 2 is 0.743 bits per heavy atom. The zero-order chi connectivity index (χ0) is 28.3. The molecule has 0 saturated carbocycles. The molecule has 0 aliphatic carbocycles. The summed E-state index contributed by atoms with van der Waals surface area (Å²) in [5.41, 5.74) is 0.696. The Morgan fingerprint density at radius 1 is 0.514 bits per heavy atom. The molecule has 35 heavy (non-hydrogen) atoms. The van der Waals surface area contributed by atoms with E-state index in [1.807, 2.05) is 0 Å². The second-order valence-corrected chi connectivity index (χ2v) is 108. The van der Waals surface area contributed by atoms with E-state index < -0.39 is 57.6 Å². The number of hydrogen-bond donors (Lipinski definition) is 0. The van der Waals surface area contributed by atoms with E-state index in [2.05, 4.69) is 137 Å². The third kappa shape index (κ3) is 4.01. The van der Waals surface area contributed by atoms with Crippen LogP contribution in [0.5, 0.6) is 0 Å². The molecule has 2 rings (SSSR count). The highest BCUT2D eigenvalue weighted by molar-refractivity contribution is 8.36. The van der Waals surface area contributed by atoms with E-state index in [0.717, 1.165) is 6.03 Å². The number of piperidine rings is 1. The van der Waals surface area contributed by atoms with Gasteiger partial charge in [-0.15, -0.1) is 0 Å². The zero-order valence-corrected chi connectivity index (χ0v) is 36.1. The van der Waals surface area contributed by atoms with Gasteiger partial charge in [0.1, 0.15) is 0 Å². The zero-order valence-electron chi connectivity index (χ0n) is 28.1. The SMILES string of the molecule is CC1(C)CCCC(C)(C)N1B1[Si]([Si](C)(C)C)([Si](C)(C)C)[Si](C)(C)[Si](C)(C)[Si]1([Si](C)(C)C)[Si](C)(C)C. The Bertz CT molecular complexity index is 730. The maximum absolute atomic E-state index is 3.46. The van der Waals surface area contributed by atoms with Crippen LogP contribution in [-0.2, 0) is 0 Å². The molecule has 0 radical (unpaired) electrons. The highest BCUT2D eigenvalue weighted by atomic mass is 30.2. The largest absolute Gasteiger partial charge is 0.339 e. The lowest BCUT2D eigenvalue weighted by Crippen LogP contribution is -2.97. The summed E-state index contributed by atoms with van der Waals surface area (Å²) in [6.45, 7) is 55.0. The van der Waals surface area contributed by atoms with Gasteiger partial charge in [-0.25, -0.2) is 0 Å². The Hall–Kier alpha value is 1.76. The quantitative estimate of drug-likeness (QED) is 0.281. The summed E-state index contributed by atoms with van der Waals surface area (Å²) in [6.07, 6.45) is 4.26. The summed E-state index contributed by atoms with van der Waals surface area (Å²) in [5, 5.41) is 0. The Kier molecular flexibility index (Phi) is 8.13. The summed E-state index contributed by atoms with van der Waals surface area (Å²) in [7, 11) is -8.58. The molecule has 2 aliphatic rings. The highest BCUT2D eigenvalue weighted by Crippen LogP contribution is 2.60. The van der Waals surface area contributed by atoms with Crippen molar-refractivity contribution in [2.45, 2.75) is 163 Å². The highest BCUT2D eigenvalue weighted by Gasteiger charge is 2.89. The molecule has 2 aliphatic heterocycles. The molecule has 10 heteroatoms. The summed E-state index contributed by atoms with van der Waals surface area (Å²) in [5.74, 6) is 0. The molecule has 0 aromatic heterocycles. The summed E-state index contributed by atoms with van der Waals surface area (Å²) >= 11 is 0. The van der Waals surface area contributed by atoms with Gasteiger partial charge in [0.2, 0.25) is 0 Å². The topological polar surface area (TPSA) is 3.24 Å². The second kappa shape index (κ2) is 8.63. The van der Waals surface area contributed by atoms with Crippen LogP contribution < -0.4 is 0 Å². The van der Waals surface area contributed by atoms with Crippen LogP contribution in [0.25, 0.3) is 0 Å². The van der Waals surface area contributed by atoms with E-state index in [4.69, 9.17) is 0 Å². The third-order valence-corrected chi connectivity index (χ3v) is 199. The molecule has 0 bridgehead atoms.